The van der Waals surface area contributed by atoms with Crippen molar-refractivity contribution in [3.05, 3.63) is 11.6 Å². The number of aliphatic hydroxyl groups is 2. The second kappa shape index (κ2) is 4.45. The van der Waals surface area contributed by atoms with Crippen LogP contribution in [0, 0.1) is 28.6 Å². The zero-order chi connectivity index (χ0) is 15.8. The van der Waals surface area contributed by atoms with E-state index in [1.807, 2.05) is 6.08 Å². The van der Waals surface area contributed by atoms with Gasteiger partial charge in [-0.15, -0.1) is 0 Å². The van der Waals surface area contributed by atoms with Crippen molar-refractivity contribution < 1.29 is 15.0 Å². The van der Waals surface area contributed by atoms with E-state index in [-0.39, 0.29) is 22.5 Å². The molecule has 0 aromatic rings. The maximum atomic E-state index is 11.8. The Morgan fingerprint density at radius 3 is 2.59 bits per heavy atom. The molecule has 0 spiro atoms. The topological polar surface area (TPSA) is 57.5 Å². The van der Waals surface area contributed by atoms with Gasteiger partial charge in [-0.25, -0.2) is 0 Å². The molecule has 0 heterocycles. The van der Waals surface area contributed by atoms with Crippen LogP contribution in [0.2, 0.25) is 0 Å². The molecule has 4 aliphatic rings. The van der Waals surface area contributed by atoms with Gasteiger partial charge < -0.3 is 10.2 Å². The molecule has 0 saturated heterocycles. The Balaban J connectivity index is 1.73. The number of rotatable bonds is 0. The van der Waals surface area contributed by atoms with Crippen molar-refractivity contribution in [2.45, 2.75) is 71.0 Å². The molecule has 5 atom stereocenters. The van der Waals surface area contributed by atoms with Crippen molar-refractivity contribution in [3.63, 3.8) is 0 Å². The highest BCUT2D eigenvalue weighted by Crippen LogP contribution is 2.66. The summed E-state index contributed by atoms with van der Waals surface area (Å²) in [6, 6.07) is 0. The fraction of sp³-hybridized carbons (Fsp3) is 0.842. The third kappa shape index (κ3) is 1.85. The average molecular weight is 304 g/mol. The van der Waals surface area contributed by atoms with Gasteiger partial charge in [0.1, 0.15) is 0 Å². The predicted molar refractivity (Wildman–Crippen MR) is 83.9 cm³/mol. The van der Waals surface area contributed by atoms with Crippen LogP contribution in [0.4, 0.5) is 0 Å². The summed E-state index contributed by atoms with van der Waals surface area (Å²) in [7, 11) is 0. The van der Waals surface area contributed by atoms with E-state index in [1.165, 1.54) is 12.0 Å². The Hall–Kier alpha value is -0.670. The molecule has 3 fully saturated rings. The van der Waals surface area contributed by atoms with E-state index >= 15 is 0 Å². The molecule has 0 aromatic heterocycles. The van der Waals surface area contributed by atoms with E-state index in [1.54, 1.807) is 0 Å². The van der Waals surface area contributed by atoms with Gasteiger partial charge in [0.2, 0.25) is 0 Å². The fourth-order valence-corrected chi connectivity index (χ4v) is 6.65. The first kappa shape index (κ1) is 14.9. The molecule has 0 radical (unpaired) electrons. The molecular formula is C19H28O3. The molecule has 122 valence electrons. The van der Waals surface area contributed by atoms with Gasteiger partial charge in [0.05, 0.1) is 0 Å². The largest absolute Gasteiger partial charge is 0.365 e. The molecule has 0 aliphatic heterocycles. The molecule has 0 amide bonds. The van der Waals surface area contributed by atoms with Crippen molar-refractivity contribution in [1.82, 2.24) is 0 Å². The van der Waals surface area contributed by atoms with Gasteiger partial charge in [0.25, 0.3) is 0 Å². The number of allylic oxidation sites excluding steroid dienone is 1. The van der Waals surface area contributed by atoms with Crippen LogP contribution in [0.25, 0.3) is 0 Å². The SMILES string of the molecule is C[C@]12CC[C@H]3[C@@H](CCC4=CC(=O)CC[C@@]43C)[C@@H]1C(O)(O)CC2. The Morgan fingerprint density at radius 1 is 1.05 bits per heavy atom. The molecule has 0 unspecified atom stereocenters. The first-order valence-corrected chi connectivity index (χ1v) is 8.95. The zero-order valence-corrected chi connectivity index (χ0v) is 13.8. The van der Waals surface area contributed by atoms with Crippen molar-refractivity contribution in [2.75, 3.05) is 0 Å². The molecule has 4 rings (SSSR count). The molecule has 3 heteroatoms. The lowest BCUT2D eigenvalue weighted by molar-refractivity contribution is -0.231. The fourth-order valence-electron chi connectivity index (χ4n) is 6.65. The van der Waals surface area contributed by atoms with E-state index < -0.39 is 5.79 Å². The van der Waals surface area contributed by atoms with Gasteiger partial charge >= 0.3 is 0 Å². The van der Waals surface area contributed by atoms with Crippen LogP contribution in [0.5, 0.6) is 0 Å². The molecular weight excluding hydrogens is 276 g/mol. The molecule has 3 nitrogen and oxygen atoms in total. The summed E-state index contributed by atoms with van der Waals surface area (Å²) in [5.74, 6) is -0.289. The molecule has 22 heavy (non-hydrogen) atoms. The summed E-state index contributed by atoms with van der Waals surface area (Å²) in [5.41, 5.74) is 1.54. The standard InChI is InChI=1S/C19H28O3/c1-17-7-6-15-14(16(17)19(21,22)10-9-17)4-3-12-11-13(20)5-8-18(12,15)2/h11,14-16,21-22H,3-10H2,1-2H3/t14-,15+,16+,17-,18+/m1/s1. The quantitative estimate of drug-likeness (QED) is 0.676. The normalized spacial score (nSPS) is 49.9. The van der Waals surface area contributed by atoms with E-state index in [9.17, 15) is 15.0 Å². The Morgan fingerprint density at radius 2 is 1.82 bits per heavy atom. The van der Waals surface area contributed by atoms with Crippen LogP contribution < -0.4 is 0 Å². The zero-order valence-electron chi connectivity index (χ0n) is 13.8. The molecule has 0 bridgehead atoms. The maximum absolute atomic E-state index is 11.8. The number of hydrogen-bond donors (Lipinski definition) is 2. The monoisotopic (exact) mass is 304 g/mol. The summed E-state index contributed by atoms with van der Waals surface area (Å²) in [6.07, 6.45) is 9.23. The highest BCUT2D eigenvalue weighted by molar-refractivity contribution is 5.91. The van der Waals surface area contributed by atoms with Gasteiger partial charge in [-0.2, -0.15) is 0 Å². The summed E-state index contributed by atoms with van der Waals surface area (Å²) < 4.78 is 0. The van der Waals surface area contributed by atoms with E-state index in [0.717, 1.165) is 32.1 Å². The number of carbonyl (C=O) groups excluding carboxylic acids is 1. The van der Waals surface area contributed by atoms with Crippen LogP contribution >= 0.6 is 0 Å². The lowest BCUT2D eigenvalue weighted by Gasteiger charge is -2.58. The molecule has 3 saturated carbocycles. The van der Waals surface area contributed by atoms with Gasteiger partial charge in [0, 0.05) is 18.8 Å². The summed E-state index contributed by atoms with van der Waals surface area (Å²) in [5, 5.41) is 21.2. The first-order chi connectivity index (χ1) is 10.3. The molecule has 2 N–H and O–H groups in total. The smallest absolute Gasteiger partial charge is 0.166 e. The van der Waals surface area contributed by atoms with Gasteiger partial charge in [0.15, 0.2) is 11.6 Å². The number of ketones is 1. The van der Waals surface area contributed by atoms with E-state index in [4.69, 9.17) is 0 Å². The van der Waals surface area contributed by atoms with Gasteiger partial charge in [-0.1, -0.05) is 19.4 Å². The molecule has 0 aromatic carbocycles. The van der Waals surface area contributed by atoms with Gasteiger partial charge in [-0.05, 0) is 67.3 Å². The highest BCUT2D eigenvalue weighted by atomic mass is 16.5. The summed E-state index contributed by atoms with van der Waals surface area (Å²) in [4.78, 5) is 11.8. The van der Waals surface area contributed by atoms with Crippen molar-refractivity contribution in [3.8, 4) is 0 Å². The van der Waals surface area contributed by atoms with Crippen molar-refractivity contribution >= 4 is 5.78 Å². The minimum absolute atomic E-state index is 0.00903. The van der Waals surface area contributed by atoms with Crippen molar-refractivity contribution in [1.29, 1.82) is 0 Å². The summed E-state index contributed by atoms with van der Waals surface area (Å²) >= 11 is 0. The maximum Gasteiger partial charge on any atom is 0.166 e. The highest BCUT2D eigenvalue weighted by Gasteiger charge is 2.63. The van der Waals surface area contributed by atoms with Crippen molar-refractivity contribution in [2.24, 2.45) is 28.6 Å². The first-order valence-electron chi connectivity index (χ1n) is 8.95. The summed E-state index contributed by atoms with van der Waals surface area (Å²) in [6.45, 7) is 4.59. The van der Waals surface area contributed by atoms with E-state index in [2.05, 4.69) is 13.8 Å². The van der Waals surface area contributed by atoms with Crippen LogP contribution in [0.3, 0.4) is 0 Å². The third-order valence-electron chi connectivity index (χ3n) is 7.81. The second-order valence-electron chi connectivity index (χ2n) is 8.91. The van der Waals surface area contributed by atoms with E-state index in [0.29, 0.717) is 24.7 Å². The molecule has 4 aliphatic carbocycles. The minimum atomic E-state index is -1.49. The van der Waals surface area contributed by atoms with Crippen LogP contribution in [-0.2, 0) is 4.79 Å². The second-order valence-corrected chi connectivity index (χ2v) is 8.91. The minimum Gasteiger partial charge on any atom is -0.365 e. The number of hydrogen-bond acceptors (Lipinski definition) is 3. The third-order valence-corrected chi connectivity index (χ3v) is 7.81. The number of fused-ring (bicyclic) bond motifs is 5. The van der Waals surface area contributed by atoms with Crippen LogP contribution in [0.1, 0.15) is 65.2 Å². The Labute approximate surface area is 132 Å². The number of carbonyl (C=O) groups is 1. The van der Waals surface area contributed by atoms with Gasteiger partial charge in [-0.3, -0.25) is 4.79 Å². The lowest BCUT2D eigenvalue weighted by atomic mass is 9.47. The predicted octanol–water partition coefficient (Wildman–Crippen LogP) is 3.20. The van der Waals surface area contributed by atoms with Crippen LogP contribution in [0.15, 0.2) is 11.6 Å². The Kier molecular flexibility index (Phi) is 3.01. The Bertz CT molecular complexity index is 549. The average Bonchev–Trinajstić information content (AvgIpc) is 2.70. The lowest BCUT2D eigenvalue weighted by Crippen LogP contribution is -2.54. The van der Waals surface area contributed by atoms with Crippen LogP contribution in [-0.4, -0.2) is 21.8 Å².